The molecule has 0 aromatic carbocycles. The molecule has 2 unspecified atom stereocenters. The van der Waals surface area contributed by atoms with E-state index in [9.17, 15) is 0 Å². The van der Waals surface area contributed by atoms with Crippen LogP contribution in [-0.4, -0.2) is 9.81 Å². The van der Waals surface area contributed by atoms with E-state index in [1.807, 2.05) is 12.1 Å². The van der Waals surface area contributed by atoms with E-state index < -0.39 is 0 Å². The molecular formula is C10H13BrClN. The van der Waals surface area contributed by atoms with Gasteiger partial charge < -0.3 is 0 Å². The fraction of sp³-hybridized carbons (Fsp3) is 0.500. The maximum atomic E-state index is 5.76. The Hall–Kier alpha value is -0.0800. The van der Waals surface area contributed by atoms with Crippen LogP contribution < -0.4 is 0 Å². The predicted octanol–water partition coefficient (Wildman–Crippen LogP) is 4.01. The van der Waals surface area contributed by atoms with E-state index in [1.54, 1.807) is 6.20 Å². The van der Waals surface area contributed by atoms with Gasteiger partial charge in [0.1, 0.15) is 0 Å². The molecule has 0 aliphatic heterocycles. The van der Waals surface area contributed by atoms with Crippen molar-refractivity contribution in [1.82, 2.24) is 4.98 Å². The SMILES string of the molecule is CCC(Br)C(C)c1ccc(Cl)cn1. The Labute approximate surface area is 92.6 Å². The van der Waals surface area contributed by atoms with Gasteiger partial charge >= 0.3 is 0 Å². The second-order valence-corrected chi connectivity index (χ2v) is 4.73. The summed E-state index contributed by atoms with van der Waals surface area (Å²) >= 11 is 9.38. The summed E-state index contributed by atoms with van der Waals surface area (Å²) in [6, 6.07) is 3.87. The molecule has 0 bridgehead atoms. The molecule has 0 fully saturated rings. The summed E-state index contributed by atoms with van der Waals surface area (Å²) in [7, 11) is 0. The fourth-order valence-corrected chi connectivity index (χ4v) is 1.58. The summed E-state index contributed by atoms with van der Waals surface area (Å²) in [4.78, 5) is 4.77. The van der Waals surface area contributed by atoms with Crippen LogP contribution >= 0.6 is 27.5 Å². The van der Waals surface area contributed by atoms with Crippen LogP contribution in [0.2, 0.25) is 5.02 Å². The van der Waals surface area contributed by atoms with Crippen molar-refractivity contribution in [1.29, 1.82) is 0 Å². The molecule has 1 aromatic heterocycles. The fourth-order valence-electron chi connectivity index (χ4n) is 1.20. The number of alkyl halides is 1. The predicted molar refractivity (Wildman–Crippen MR) is 60.7 cm³/mol. The van der Waals surface area contributed by atoms with Crippen LogP contribution in [-0.2, 0) is 0 Å². The smallest absolute Gasteiger partial charge is 0.0589 e. The third-order valence-electron chi connectivity index (χ3n) is 2.15. The summed E-state index contributed by atoms with van der Waals surface area (Å²) < 4.78 is 0. The van der Waals surface area contributed by atoms with E-state index in [1.165, 1.54) is 0 Å². The van der Waals surface area contributed by atoms with E-state index in [0.29, 0.717) is 15.8 Å². The zero-order valence-electron chi connectivity index (χ0n) is 7.80. The number of rotatable bonds is 3. The van der Waals surface area contributed by atoms with E-state index in [0.717, 1.165) is 12.1 Å². The Morgan fingerprint density at radius 1 is 1.54 bits per heavy atom. The van der Waals surface area contributed by atoms with Gasteiger partial charge in [-0.1, -0.05) is 41.4 Å². The number of hydrogen-bond donors (Lipinski definition) is 0. The molecule has 1 heterocycles. The first-order chi connectivity index (χ1) is 6.15. The zero-order valence-corrected chi connectivity index (χ0v) is 10.1. The largest absolute Gasteiger partial charge is 0.259 e. The Morgan fingerprint density at radius 2 is 2.23 bits per heavy atom. The van der Waals surface area contributed by atoms with Crippen molar-refractivity contribution in [2.24, 2.45) is 0 Å². The average Bonchev–Trinajstić information content (AvgIpc) is 2.17. The van der Waals surface area contributed by atoms with Gasteiger partial charge in [0.15, 0.2) is 0 Å². The monoisotopic (exact) mass is 261 g/mol. The first kappa shape index (κ1) is 11.0. The summed E-state index contributed by atoms with van der Waals surface area (Å²) in [5, 5.41) is 0.693. The Bertz CT molecular complexity index is 260. The normalized spacial score (nSPS) is 15.4. The zero-order chi connectivity index (χ0) is 9.84. The molecule has 0 N–H and O–H groups in total. The highest BCUT2D eigenvalue weighted by Crippen LogP contribution is 2.25. The lowest BCUT2D eigenvalue weighted by Crippen LogP contribution is -2.09. The molecular weight excluding hydrogens is 249 g/mol. The van der Waals surface area contributed by atoms with E-state index in [4.69, 9.17) is 11.6 Å². The lowest BCUT2D eigenvalue weighted by Gasteiger charge is -2.15. The topological polar surface area (TPSA) is 12.9 Å². The molecule has 1 aromatic rings. The maximum Gasteiger partial charge on any atom is 0.0589 e. The van der Waals surface area contributed by atoms with Gasteiger partial charge in [0.2, 0.25) is 0 Å². The number of nitrogens with zero attached hydrogens (tertiary/aromatic N) is 1. The highest BCUT2D eigenvalue weighted by atomic mass is 79.9. The molecule has 0 spiro atoms. The third kappa shape index (κ3) is 2.96. The van der Waals surface area contributed by atoms with Crippen LogP contribution in [0, 0.1) is 0 Å². The number of halogens is 2. The highest BCUT2D eigenvalue weighted by Gasteiger charge is 2.14. The minimum Gasteiger partial charge on any atom is -0.259 e. The van der Waals surface area contributed by atoms with Gasteiger partial charge in [-0.2, -0.15) is 0 Å². The molecule has 1 rings (SSSR count). The van der Waals surface area contributed by atoms with Crippen LogP contribution in [0.25, 0.3) is 0 Å². The van der Waals surface area contributed by atoms with E-state index >= 15 is 0 Å². The van der Waals surface area contributed by atoms with Crippen molar-refractivity contribution in [2.75, 3.05) is 0 Å². The molecule has 0 aliphatic rings. The summed E-state index contributed by atoms with van der Waals surface area (Å²) in [5.41, 5.74) is 1.09. The van der Waals surface area contributed by atoms with Crippen molar-refractivity contribution >= 4 is 27.5 Å². The summed E-state index contributed by atoms with van der Waals surface area (Å²) in [6.07, 6.45) is 2.80. The third-order valence-corrected chi connectivity index (χ3v) is 3.81. The lowest BCUT2D eigenvalue weighted by molar-refractivity contribution is 0.675. The van der Waals surface area contributed by atoms with Gasteiger partial charge in [0.25, 0.3) is 0 Å². The quantitative estimate of drug-likeness (QED) is 0.750. The first-order valence-corrected chi connectivity index (χ1v) is 5.70. The van der Waals surface area contributed by atoms with Gasteiger partial charge in [-0.15, -0.1) is 0 Å². The van der Waals surface area contributed by atoms with E-state index in [-0.39, 0.29) is 0 Å². The van der Waals surface area contributed by atoms with Crippen LogP contribution in [0.15, 0.2) is 18.3 Å². The minimum absolute atomic E-state index is 0.433. The van der Waals surface area contributed by atoms with Crippen molar-refractivity contribution in [3.63, 3.8) is 0 Å². The molecule has 3 heteroatoms. The number of pyridine rings is 1. The number of aromatic nitrogens is 1. The molecule has 2 atom stereocenters. The maximum absolute atomic E-state index is 5.76. The molecule has 0 saturated carbocycles. The van der Waals surface area contributed by atoms with Gasteiger partial charge in [-0.05, 0) is 18.6 Å². The van der Waals surface area contributed by atoms with Crippen LogP contribution in [0.4, 0.5) is 0 Å². The Morgan fingerprint density at radius 3 is 2.69 bits per heavy atom. The molecule has 1 nitrogen and oxygen atoms in total. The lowest BCUT2D eigenvalue weighted by atomic mass is 10.0. The standard InChI is InChI=1S/C10H13BrClN/c1-3-9(11)7(2)10-5-4-8(12)6-13-10/h4-7,9H,3H2,1-2H3. The highest BCUT2D eigenvalue weighted by molar-refractivity contribution is 9.09. The molecule has 13 heavy (non-hydrogen) atoms. The van der Waals surface area contributed by atoms with Gasteiger partial charge in [-0.25, -0.2) is 0 Å². The molecule has 0 aliphatic carbocycles. The Balaban J connectivity index is 2.77. The van der Waals surface area contributed by atoms with E-state index in [2.05, 4.69) is 34.8 Å². The Kier molecular flexibility index (Phi) is 4.20. The van der Waals surface area contributed by atoms with Gasteiger partial charge in [-0.3, -0.25) is 4.98 Å². The first-order valence-electron chi connectivity index (χ1n) is 4.40. The van der Waals surface area contributed by atoms with Crippen LogP contribution in [0.1, 0.15) is 31.9 Å². The molecule has 0 radical (unpaired) electrons. The van der Waals surface area contributed by atoms with Crippen molar-refractivity contribution in [2.45, 2.75) is 31.0 Å². The van der Waals surface area contributed by atoms with Gasteiger partial charge in [0.05, 0.1) is 5.02 Å². The van der Waals surface area contributed by atoms with Crippen LogP contribution in [0.3, 0.4) is 0 Å². The molecule has 0 saturated heterocycles. The van der Waals surface area contributed by atoms with Gasteiger partial charge in [0, 0.05) is 22.6 Å². The second kappa shape index (κ2) is 4.97. The van der Waals surface area contributed by atoms with Crippen molar-refractivity contribution < 1.29 is 0 Å². The number of hydrogen-bond acceptors (Lipinski definition) is 1. The van der Waals surface area contributed by atoms with Crippen molar-refractivity contribution in [3.05, 3.63) is 29.0 Å². The second-order valence-electron chi connectivity index (χ2n) is 3.11. The molecule has 72 valence electrons. The molecule has 0 amide bonds. The summed E-state index contributed by atoms with van der Waals surface area (Å²) in [5.74, 6) is 0.433. The average molecular weight is 263 g/mol. The minimum atomic E-state index is 0.433. The van der Waals surface area contributed by atoms with Crippen LogP contribution in [0.5, 0.6) is 0 Å². The summed E-state index contributed by atoms with van der Waals surface area (Å²) in [6.45, 7) is 4.32. The van der Waals surface area contributed by atoms with Crippen molar-refractivity contribution in [3.8, 4) is 0 Å².